The fourth-order valence-corrected chi connectivity index (χ4v) is 1.70. The fourth-order valence-electron chi connectivity index (χ4n) is 1.70. The maximum Gasteiger partial charge on any atom is 0.320 e. The van der Waals surface area contributed by atoms with Crippen molar-refractivity contribution in [2.24, 2.45) is 0 Å². The van der Waals surface area contributed by atoms with Crippen molar-refractivity contribution in [1.82, 2.24) is 4.90 Å². The predicted octanol–water partition coefficient (Wildman–Crippen LogP) is 2.33. The lowest BCUT2D eigenvalue weighted by molar-refractivity contribution is -0.155. The van der Waals surface area contributed by atoms with E-state index in [2.05, 4.69) is 6.07 Å². The SMILES string of the molecule is CN(CC(=O)OC(C)(C)C)Cc1cccc(C#N)c1. The van der Waals surface area contributed by atoms with Crippen molar-refractivity contribution in [3.8, 4) is 6.07 Å². The van der Waals surface area contributed by atoms with Gasteiger partial charge in [0, 0.05) is 6.54 Å². The Kier molecular flexibility index (Phi) is 5.08. The van der Waals surface area contributed by atoms with Crippen LogP contribution in [-0.4, -0.2) is 30.1 Å². The highest BCUT2D eigenvalue weighted by atomic mass is 16.6. The zero-order valence-electron chi connectivity index (χ0n) is 11.9. The van der Waals surface area contributed by atoms with E-state index < -0.39 is 5.60 Å². The van der Waals surface area contributed by atoms with Crippen LogP contribution in [0.2, 0.25) is 0 Å². The zero-order valence-corrected chi connectivity index (χ0v) is 11.9. The Hall–Kier alpha value is -1.86. The number of carbonyl (C=O) groups excluding carboxylic acids is 1. The number of benzene rings is 1. The molecule has 0 bridgehead atoms. The molecule has 0 unspecified atom stereocenters. The third-order valence-corrected chi connectivity index (χ3v) is 2.33. The van der Waals surface area contributed by atoms with E-state index in [-0.39, 0.29) is 12.5 Å². The molecule has 1 aromatic rings. The van der Waals surface area contributed by atoms with Crippen LogP contribution in [0, 0.1) is 11.3 Å². The molecule has 0 N–H and O–H groups in total. The molecule has 4 nitrogen and oxygen atoms in total. The van der Waals surface area contributed by atoms with E-state index in [1.807, 2.05) is 50.9 Å². The van der Waals surface area contributed by atoms with Crippen molar-refractivity contribution >= 4 is 5.97 Å². The molecule has 4 heteroatoms. The number of esters is 1. The van der Waals surface area contributed by atoms with Crippen LogP contribution in [0.25, 0.3) is 0 Å². The molecule has 0 aliphatic rings. The van der Waals surface area contributed by atoms with Crippen LogP contribution in [0.15, 0.2) is 24.3 Å². The molecule has 0 spiro atoms. The van der Waals surface area contributed by atoms with Gasteiger partial charge >= 0.3 is 5.97 Å². The lowest BCUT2D eigenvalue weighted by Gasteiger charge is -2.22. The van der Waals surface area contributed by atoms with E-state index in [1.54, 1.807) is 6.07 Å². The average molecular weight is 260 g/mol. The summed E-state index contributed by atoms with van der Waals surface area (Å²) in [6.45, 7) is 6.38. The lowest BCUT2D eigenvalue weighted by Crippen LogP contribution is -2.32. The van der Waals surface area contributed by atoms with Gasteiger partial charge in [0.05, 0.1) is 18.2 Å². The number of nitriles is 1. The Bertz CT molecular complexity index is 484. The molecule has 19 heavy (non-hydrogen) atoms. The number of hydrogen-bond donors (Lipinski definition) is 0. The Morgan fingerprint density at radius 2 is 2.11 bits per heavy atom. The summed E-state index contributed by atoms with van der Waals surface area (Å²) in [6.07, 6.45) is 0. The van der Waals surface area contributed by atoms with Crippen molar-refractivity contribution in [3.63, 3.8) is 0 Å². The van der Waals surface area contributed by atoms with E-state index in [0.717, 1.165) is 5.56 Å². The maximum atomic E-state index is 11.7. The number of nitrogens with zero attached hydrogens (tertiary/aromatic N) is 2. The number of carbonyl (C=O) groups is 1. The van der Waals surface area contributed by atoms with Gasteiger partial charge in [0.2, 0.25) is 0 Å². The molecule has 0 aliphatic heterocycles. The topological polar surface area (TPSA) is 53.3 Å². The highest BCUT2D eigenvalue weighted by molar-refractivity contribution is 5.72. The summed E-state index contributed by atoms with van der Waals surface area (Å²) in [6, 6.07) is 9.47. The standard InChI is InChI=1S/C15H20N2O2/c1-15(2,3)19-14(18)11-17(4)10-13-7-5-6-12(8-13)9-16/h5-8H,10-11H2,1-4H3. The van der Waals surface area contributed by atoms with Crippen LogP contribution in [0.1, 0.15) is 31.9 Å². The van der Waals surface area contributed by atoms with Crippen LogP contribution in [0.4, 0.5) is 0 Å². The van der Waals surface area contributed by atoms with E-state index in [4.69, 9.17) is 10.00 Å². The minimum atomic E-state index is -0.460. The van der Waals surface area contributed by atoms with Crippen LogP contribution in [0.5, 0.6) is 0 Å². The predicted molar refractivity (Wildman–Crippen MR) is 73.3 cm³/mol. The second-order valence-electron chi connectivity index (χ2n) is 5.57. The van der Waals surface area contributed by atoms with Crippen molar-refractivity contribution < 1.29 is 9.53 Å². The molecule has 0 aromatic heterocycles. The third kappa shape index (κ3) is 6.03. The second kappa shape index (κ2) is 6.35. The van der Waals surface area contributed by atoms with E-state index in [9.17, 15) is 4.79 Å². The molecule has 0 amide bonds. The van der Waals surface area contributed by atoms with Crippen LogP contribution < -0.4 is 0 Å². The summed E-state index contributed by atoms with van der Waals surface area (Å²) in [5.41, 5.74) is 1.17. The fraction of sp³-hybridized carbons (Fsp3) is 0.467. The Labute approximate surface area is 114 Å². The first-order chi connectivity index (χ1) is 8.80. The highest BCUT2D eigenvalue weighted by Crippen LogP contribution is 2.09. The van der Waals surface area contributed by atoms with Gasteiger partial charge in [-0.25, -0.2) is 0 Å². The number of rotatable bonds is 4. The molecule has 0 saturated carbocycles. The molecule has 0 saturated heterocycles. The normalized spacial score (nSPS) is 11.2. The maximum absolute atomic E-state index is 11.7. The Balaban J connectivity index is 2.53. The van der Waals surface area contributed by atoms with E-state index in [0.29, 0.717) is 12.1 Å². The summed E-state index contributed by atoms with van der Waals surface area (Å²) in [5.74, 6) is -0.244. The van der Waals surface area contributed by atoms with Crippen molar-refractivity contribution in [3.05, 3.63) is 35.4 Å². The second-order valence-corrected chi connectivity index (χ2v) is 5.57. The van der Waals surface area contributed by atoms with Crippen LogP contribution >= 0.6 is 0 Å². The minimum absolute atomic E-state index is 0.230. The van der Waals surface area contributed by atoms with Gasteiger partial charge in [-0.1, -0.05) is 12.1 Å². The van der Waals surface area contributed by atoms with Gasteiger partial charge in [0.15, 0.2) is 0 Å². The number of ether oxygens (including phenoxy) is 1. The van der Waals surface area contributed by atoms with Crippen LogP contribution in [-0.2, 0) is 16.1 Å². The molecule has 0 atom stereocenters. The number of likely N-dealkylation sites (N-methyl/N-ethyl adjacent to an activating group) is 1. The Morgan fingerprint density at radius 1 is 1.42 bits per heavy atom. The average Bonchev–Trinajstić information content (AvgIpc) is 2.26. The van der Waals surface area contributed by atoms with Crippen molar-refractivity contribution in [1.29, 1.82) is 5.26 Å². The summed E-state index contributed by atoms with van der Waals surface area (Å²) in [7, 11) is 1.85. The molecule has 0 aliphatic carbocycles. The summed E-state index contributed by atoms with van der Waals surface area (Å²) in [5, 5.41) is 8.83. The van der Waals surface area contributed by atoms with Gasteiger partial charge in [-0.05, 0) is 45.5 Å². The largest absolute Gasteiger partial charge is 0.459 e. The highest BCUT2D eigenvalue weighted by Gasteiger charge is 2.17. The molecule has 1 aromatic carbocycles. The van der Waals surface area contributed by atoms with E-state index >= 15 is 0 Å². The molecule has 1 rings (SSSR count). The minimum Gasteiger partial charge on any atom is -0.459 e. The first-order valence-corrected chi connectivity index (χ1v) is 6.19. The molecular weight excluding hydrogens is 240 g/mol. The van der Waals surface area contributed by atoms with Gasteiger partial charge in [-0.15, -0.1) is 0 Å². The quantitative estimate of drug-likeness (QED) is 0.780. The molecule has 0 radical (unpaired) electrons. The first-order valence-electron chi connectivity index (χ1n) is 6.19. The van der Waals surface area contributed by atoms with E-state index in [1.165, 1.54) is 0 Å². The lowest BCUT2D eigenvalue weighted by atomic mass is 10.1. The van der Waals surface area contributed by atoms with Crippen molar-refractivity contribution in [2.45, 2.75) is 32.9 Å². The van der Waals surface area contributed by atoms with Gasteiger partial charge in [0.1, 0.15) is 5.60 Å². The number of hydrogen-bond acceptors (Lipinski definition) is 4. The zero-order chi connectivity index (χ0) is 14.5. The summed E-state index contributed by atoms with van der Waals surface area (Å²) >= 11 is 0. The third-order valence-electron chi connectivity index (χ3n) is 2.33. The van der Waals surface area contributed by atoms with Gasteiger partial charge < -0.3 is 4.74 Å². The first kappa shape index (κ1) is 15.2. The smallest absolute Gasteiger partial charge is 0.320 e. The molecule has 0 fully saturated rings. The van der Waals surface area contributed by atoms with Crippen LogP contribution in [0.3, 0.4) is 0 Å². The molecular formula is C15H20N2O2. The Morgan fingerprint density at radius 3 is 2.68 bits per heavy atom. The van der Waals surface area contributed by atoms with Gasteiger partial charge in [0.25, 0.3) is 0 Å². The van der Waals surface area contributed by atoms with Crippen molar-refractivity contribution in [2.75, 3.05) is 13.6 Å². The van der Waals surface area contributed by atoms with Gasteiger partial charge in [-0.2, -0.15) is 5.26 Å². The molecule has 102 valence electrons. The van der Waals surface area contributed by atoms with Gasteiger partial charge in [-0.3, -0.25) is 9.69 Å². The monoisotopic (exact) mass is 260 g/mol. The summed E-state index contributed by atoms with van der Waals surface area (Å²) in [4.78, 5) is 13.5. The summed E-state index contributed by atoms with van der Waals surface area (Å²) < 4.78 is 5.26. The molecule has 0 heterocycles.